The third-order valence-electron chi connectivity index (χ3n) is 9.27. The van der Waals surface area contributed by atoms with Gasteiger partial charge in [-0.15, -0.1) is 0 Å². The van der Waals surface area contributed by atoms with Crippen LogP contribution in [0.15, 0.2) is 138 Å². The Labute approximate surface area is 281 Å². The molecule has 2 nitrogen and oxygen atoms in total. The van der Waals surface area contributed by atoms with Crippen LogP contribution in [0.25, 0.3) is 88.3 Å². The summed E-state index contributed by atoms with van der Waals surface area (Å²) in [7, 11) is 0. The third-order valence-corrected chi connectivity index (χ3v) is 9.27. The summed E-state index contributed by atoms with van der Waals surface area (Å²) in [5.74, 6) is -9.24. The second kappa shape index (κ2) is 11.4. The molecule has 0 amide bonds. The van der Waals surface area contributed by atoms with Crippen LogP contribution in [0.1, 0.15) is 0 Å². The molecule has 7 heteroatoms. The molecule has 0 aliphatic heterocycles. The first-order valence-corrected chi connectivity index (χ1v) is 15.8. The summed E-state index contributed by atoms with van der Waals surface area (Å²) < 4.78 is 76.3. The zero-order chi connectivity index (χ0) is 34.1. The molecule has 8 aromatic carbocycles. The van der Waals surface area contributed by atoms with Crippen molar-refractivity contribution in [2.45, 2.75) is 0 Å². The number of aromatic nitrogens is 1. The lowest BCUT2D eigenvalue weighted by Crippen LogP contribution is -2.04. The lowest BCUT2D eigenvalue weighted by atomic mass is 9.94. The SMILES string of the molecule is Fc1c(F)c(F)c(-c2ccc3c(ccc4cc(-c5ccc6cc(-c7ccc(-c8nc9ccccc9o8)cc7)ccc6c5)ccc43)c2)c(F)c1F. The largest absolute Gasteiger partial charge is 0.436 e. The lowest BCUT2D eigenvalue weighted by molar-refractivity contribution is 0.381. The van der Waals surface area contributed by atoms with Gasteiger partial charge in [-0.1, -0.05) is 84.9 Å². The normalized spacial score (nSPS) is 11.7. The van der Waals surface area contributed by atoms with Crippen LogP contribution in [0, 0.1) is 29.1 Å². The van der Waals surface area contributed by atoms with E-state index in [-0.39, 0.29) is 5.56 Å². The maximum Gasteiger partial charge on any atom is 0.227 e. The highest BCUT2D eigenvalue weighted by molar-refractivity contribution is 6.09. The van der Waals surface area contributed by atoms with Crippen LogP contribution in [-0.4, -0.2) is 4.98 Å². The molecule has 0 saturated heterocycles. The molecule has 0 spiro atoms. The summed E-state index contributed by atoms with van der Waals surface area (Å²) in [4.78, 5) is 4.60. The van der Waals surface area contributed by atoms with Crippen molar-refractivity contribution in [1.29, 1.82) is 0 Å². The predicted molar refractivity (Wildman–Crippen MR) is 188 cm³/mol. The highest BCUT2D eigenvalue weighted by Gasteiger charge is 2.26. The fraction of sp³-hybridized carbons (Fsp3) is 0. The number of benzene rings is 8. The number of fused-ring (bicyclic) bond motifs is 5. The number of hydrogen-bond donors (Lipinski definition) is 0. The van der Waals surface area contributed by atoms with Gasteiger partial charge in [-0.05, 0) is 109 Å². The summed E-state index contributed by atoms with van der Waals surface area (Å²) in [5.41, 5.74) is 5.67. The molecule has 50 heavy (non-hydrogen) atoms. The van der Waals surface area contributed by atoms with Gasteiger partial charge in [0.25, 0.3) is 0 Å². The van der Waals surface area contributed by atoms with E-state index in [4.69, 9.17) is 4.42 Å². The first kappa shape index (κ1) is 29.8. The van der Waals surface area contributed by atoms with E-state index in [1.54, 1.807) is 12.1 Å². The van der Waals surface area contributed by atoms with Crippen LogP contribution in [-0.2, 0) is 0 Å². The summed E-state index contributed by atoms with van der Waals surface area (Å²) in [5, 5.41) is 5.42. The first-order chi connectivity index (χ1) is 24.3. The molecule has 9 aromatic rings. The average molecular weight is 664 g/mol. The molecule has 240 valence electrons. The Kier molecular flexibility index (Phi) is 6.78. The van der Waals surface area contributed by atoms with Crippen LogP contribution in [0.5, 0.6) is 0 Å². The van der Waals surface area contributed by atoms with E-state index >= 15 is 0 Å². The van der Waals surface area contributed by atoms with E-state index in [0.717, 1.165) is 65.8 Å². The minimum Gasteiger partial charge on any atom is -0.436 e. The fourth-order valence-electron chi connectivity index (χ4n) is 6.67. The zero-order valence-electron chi connectivity index (χ0n) is 25.9. The lowest BCUT2D eigenvalue weighted by Gasteiger charge is -2.12. The molecule has 1 aromatic heterocycles. The number of oxazole rings is 1. The smallest absolute Gasteiger partial charge is 0.227 e. The second-order valence-corrected chi connectivity index (χ2v) is 12.2. The average Bonchev–Trinajstić information content (AvgIpc) is 3.60. The molecule has 0 N–H and O–H groups in total. The second-order valence-electron chi connectivity index (χ2n) is 12.2. The molecule has 1 heterocycles. The molecule has 0 bridgehead atoms. The Morgan fingerprint density at radius 2 is 0.820 bits per heavy atom. The van der Waals surface area contributed by atoms with Gasteiger partial charge in [-0.2, -0.15) is 0 Å². The van der Waals surface area contributed by atoms with Gasteiger partial charge in [0.1, 0.15) is 5.52 Å². The molecule has 0 unspecified atom stereocenters. The maximum atomic E-state index is 14.5. The zero-order valence-corrected chi connectivity index (χ0v) is 25.9. The van der Waals surface area contributed by atoms with E-state index in [2.05, 4.69) is 59.6 Å². The monoisotopic (exact) mass is 663 g/mol. The van der Waals surface area contributed by atoms with Crippen molar-refractivity contribution in [2.75, 3.05) is 0 Å². The summed E-state index contributed by atoms with van der Waals surface area (Å²) in [6, 6.07) is 42.7. The Balaban J connectivity index is 1.01. The van der Waals surface area contributed by atoms with Gasteiger partial charge in [0.2, 0.25) is 11.7 Å². The van der Waals surface area contributed by atoms with Crippen LogP contribution in [0.4, 0.5) is 22.0 Å². The van der Waals surface area contributed by atoms with E-state index < -0.39 is 34.6 Å². The number of nitrogens with zero attached hydrogens (tertiary/aromatic N) is 1. The Morgan fingerprint density at radius 3 is 1.44 bits per heavy atom. The number of hydrogen-bond acceptors (Lipinski definition) is 2. The van der Waals surface area contributed by atoms with E-state index in [9.17, 15) is 22.0 Å². The predicted octanol–water partition coefficient (Wildman–Crippen LogP) is 12.7. The van der Waals surface area contributed by atoms with Gasteiger partial charge in [0.05, 0.1) is 5.56 Å². The van der Waals surface area contributed by atoms with Crippen molar-refractivity contribution in [3.8, 4) is 44.8 Å². The molecular formula is C43H22F5NO. The van der Waals surface area contributed by atoms with Gasteiger partial charge >= 0.3 is 0 Å². The van der Waals surface area contributed by atoms with Crippen molar-refractivity contribution in [2.24, 2.45) is 0 Å². The number of halogens is 5. The molecule has 0 aliphatic carbocycles. The fourth-order valence-corrected chi connectivity index (χ4v) is 6.67. The van der Waals surface area contributed by atoms with Gasteiger partial charge in [0, 0.05) is 5.56 Å². The minimum atomic E-state index is -2.18. The van der Waals surface area contributed by atoms with E-state index in [0.29, 0.717) is 11.3 Å². The molecule has 0 aliphatic rings. The molecule has 9 rings (SSSR count). The summed E-state index contributed by atoms with van der Waals surface area (Å²) in [6.45, 7) is 0. The maximum absolute atomic E-state index is 14.5. The Hall–Kier alpha value is -6.34. The van der Waals surface area contributed by atoms with Crippen LogP contribution in [0.3, 0.4) is 0 Å². The van der Waals surface area contributed by atoms with Crippen LogP contribution >= 0.6 is 0 Å². The van der Waals surface area contributed by atoms with Crippen molar-refractivity contribution in [1.82, 2.24) is 4.98 Å². The molecule has 0 atom stereocenters. The molecule has 0 saturated carbocycles. The van der Waals surface area contributed by atoms with Crippen molar-refractivity contribution in [3.05, 3.63) is 163 Å². The molecule has 0 fully saturated rings. The highest BCUT2D eigenvalue weighted by atomic mass is 19.2. The van der Waals surface area contributed by atoms with Gasteiger partial charge < -0.3 is 4.42 Å². The van der Waals surface area contributed by atoms with Gasteiger partial charge in [0.15, 0.2) is 28.9 Å². The number of para-hydroxylation sites is 2. The summed E-state index contributed by atoms with van der Waals surface area (Å²) in [6.07, 6.45) is 0. The van der Waals surface area contributed by atoms with Crippen LogP contribution < -0.4 is 0 Å². The highest BCUT2D eigenvalue weighted by Crippen LogP contribution is 2.37. The third kappa shape index (κ3) is 4.81. The molecular weight excluding hydrogens is 641 g/mol. The van der Waals surface area contributed by atoms with Crippen molar-refractivity contribution < 1.29 is 26.4 Å². The van der Waals surface area contributed by atoms with Crippen molar-refractivity contribution in [3.63, 3.8) is 0 Å². The Bertz CT molecular complexity index is 2760. The summed E-state index contributed by atoms with van der Waals surface area (Å²) >= 11 is 0. The van der Waals surface area contributed by atoms with E-state index in [1.807, 2.05) is 54.6 Å². The standard InChI is InChI=1S/C43H22F5NO/c44-38-37(39(45)41(47)42(48)40(38)46)32-16-18-34-31(22-32)14-13-30-21-29(15-17-33(30)34)28-12-11-26-19-25(9-10-27(26)20-28)23-5-7-24(8-6-23)43-49-35-3-1-2-4-36(35)50-43/h1-22H. The minimum absolute atomic E-state index is 0.0995. The van der Waals surface area contributed by atoms with Crippen LogP contribution in [0.2, 0.25) is 0 Å². The van der Waals surface area contributed by atoms with Gasteiger partial charge in [-0.3, -0.25) is 0 Å². The number of rotatable bonds is 4. The first-order valence-electron chi connectivity index (χ1n) is 15.8. The van der Waals surface area contributed by atoms with Gasteiger partial charge in [-0.25, -0.2) is 26.9 Å². The topological polar surface area (TPSA) is 26.0 Å². The van der Waals surface area contributed by atoms with E-state index in [1.165, 1.54) is 12.1 Å². The van der Waals surface area contributed by atoms with Crippen molar-refractivity contribution >= 4 is 43.4 Å². The molecule has 0 radical (unpaired) electrons. The Morgan fingerprint density at radius 1 is 0.380 bits per heavy atom. The quantitative estimate of drug-likeness (QED) is 0.0811.